The van der Waals surface area contributed by atoms with E-state index in [1.165, 1.54) is 0 Å². The summed E-state index contributed by atoms with van der Waals surface area (Å²) in [6, 6.07) is 5.08. The Bertz CT molecular complexity index is 943. The number of aromatic nitrogens is 5. The molecule has 1 saturated heterocycles. The van der Waals surface area contributed by atoms with Crippen LogP contribution in [-0.4, -0.2) is 47.9 Å². The highest BCUT2D eigenvalue weighted by Crippen LogP contribution is 2.35. The molecule has 2 amide bonds. The minimum Gasteiger partial charge on any atom is -0.336 e. The predicted molar refractivity (Wildman–Crippen MR) is 93.1 cm³/mol. The van der Waals surface area contributed by atoms with E-state index in [4.69, 9.17) is 0 Å². The number of nitrogens with zero attached hydrogens (tertiary/aromatic N) is 6. The summed E-state index contributed by atoms with van der Waals surface area (Å²) < 4.78 is 3.44. The number of imidazole rings is 1. The summed E-state index contributed by atoms with van der Waals surface area (Å²) in [5.74, 6) is 0.301. The van der Waals surface area contributed by atoms with Gasteiger partial charge in [0.1, 0.15) is 11.9 Å². The quantitative estimate of drug-likeness (QED) is 0.758. The Hall–Kier alpha value is -3.23. The molecule has 0 aromatic carbocycles. The van der Waals surface area contributed by atoms with Crippen LogP contribution in [0.5, 0.6) is 0 Å². The molecule has 4 heterocycles. The van der Waals surface area contributed by atoms with E-state index in [1.54, 1.807) is 35.1 Å². The Morgan fingerprint density at radius 3 is 2.85 bits per heavy atom. The maximum Gasteiger partial charge on any atom is 0.249 e. The van der Waals surface area contributed by atoms with Crippen LogP contribution >= 0.6 is 0 Å². The number of likely N-dealkylation sites (tertiary alicyclic amines) is 1. The highest BCUT2D eigenvalue weighted by atomic mass is 16.2. The summed E-state index contributed by atoms with van der Waals surface area (Å²) in [6.07, 6.45) is 6.03. The number of fused-ring (bicyclic) bond motifs is 1. The van der Waals surface area contributed by atoms with Crippen LogP contribution in [0.1, 0.15) is 24.7 Å². The van der Waals surface area contributed by atoms with Crippen LogP contribution in [0, 0.1) is 5.92 Å². The van der Waals surface area contributed by atoms with Crippen molar-refractivity contribution in [3.8, 4) is 0 Å². The smallest absolute Gasteiger partial charge is 0.249 e. The molecule has 1 fully saturated rings. The maximum atomic E-state index is 12.9. The molecule has 4 rings (SSSR count). The molecule has 0 radical (unpaired) electrons. The molecule has 1 aliphatic heterocycles. The number of amides is 2. The van der Waals surface area contributed by atoms with E-state index in [2.05, 4.69) is 20.4 Å². The van der Waals surface area contributed by atoms with Gasteiger partial charge in [-0.3, -0.25) is 14.9 Å². The molecule has 1 N–H and O–H groups in total. The lowest BCUT2D eigenvalue weighted by molar-refractivity contribution is -0.140. The number of hydrogen-bond donors (Lipinski definition) is 1. The lowest BCUT2D eigenvalue weighted by Crippen LogP contribution is -2.45. The van der Waals surface area contributed by atoms with Crippen molar-refractivity contribution in [2.75, 3.05) is 12.4 Å². The Balaban J connectivity index is 1.62. The Labute approximate surface area is 149 Å². The first-order chi connectivity index (χ1) is 12.5. The third-order valence-electron chi connectivity index (χ3n) is 4.80. The summed E-state index contributed by atoms with van der Waals surface area (Å²) in [5.41, 5.74) is 0.652. The van der Waals surface area contributed by atoms with E-state index in [-0.39, 0.29) is 17.8 Å². The second kappa shape index (κ2) is 6.25. The van der Waals surface area contributed by atoms with E-state index in [0.717, 1.165) is 0 Å². The minimum absolute atomic E-state index is 0.00732. The first kappa shape index (κ1) is 16.2. The van der Waals surface area contributed by atoms with Crippen LogP contribution in [0.4, 0.5) is 5.95 Å². The molecule has 1 aliphatic rings. The second-order valence-corrected chi connectivity index (χ2v) is 6.42. The van der Waals surface area contributed by atoms with E-state index in [0.29, 0.717) is 24.3 Å². The molecule has 0 spiro atoms. The third-order valence-corrected chi connectivity index (χ3v) is 4.80. The average molecular weight is 353 g/mol. The molecular formula is C17H19N7O2. The van der Waals surface area contributed by atoms with Gasteiger partial charge < -0.3 is 9.47 Å². The van der Waals surface area contributed by atoms with Crippen molar-refractivity contribution >= 4 is 23.4 Å². The van der Waals surface area contributed by atoms with Gasteiger partial charge in [0.15, 0.2) is 5.65 Å². The van der Waals surface area contributed by atoms with Crippen molar-refractivity contribution in [3.63, 3.8) is 0 Å². The fraction of sp³-hybridized carbons (Fsp3) is 0.353. The largest absolute Gasteiger partial charge is 0.336 e. The van der Waals surface area contributed by atoms with Gasteiger partial charge in [-0.25, -0.2) is 9.50 Å². The highest BCUT2D eigenvalue weighted by molar-refractivity contribution is 5.93. The Morgan fingerprint density at radius 1 is 1.27 bits per heavy atom. The molecule has 9 heteroatoms. The van der Waals surface area contributed by atoms with Gasteiger partial charge in [0.25, 0.3) is 0 Å². The number of rotatable bonds is 3. The zero-order chi connectivity index (χ0) is 18.3. The van der Waals surface area contributed by atoms with Crippen molar-refractivity contribution in [2.45, 2.75) is 18.9 Å². The van der Waals surface area contributed by atoms with Gasteiger partial charge in [-0.2, -0.15) is 4.98 Å². The summed E-state index contributed by atoms with van der Waals surface area (Å²) in [5, 5.41) is 7.05. The standard InChI is InChI=1S/C17H19N7O2/c1-22-10-8-18-15(22)14-11(6-7-13(25)23(14)2)16(26)20-17-19-12-5-3-4-9-24(12)21-17/h3-5,8-11,14H,6-7H2,1-2H3,(H,20,21,26)/t11-,14-/m0/s1. The first-order valence-corrected chi connectivity index (χ1v) is 8.40. The topological polar surface area (TPSA) is 97.4 Å². The fourth-order valence-corrected chi connectivity index (χ4v) is 3.42. The van der Waals surface area contributed by atoms with Crippen LogP contribution in [0.25, 0.3) is 5.65 Å². The number of anilines is 1. The molecule has 26 heavy (non-hydrogen) atoms. The third kappa shape index (κ3) is 2.71. The normalized spacial score (nSPS) is 20.5. The number of nitrogens with one attached hydrogen (secondary N) is 1. The van der Waals surface area contributed by atoms with Gasteiger partial charge >= 0.3 is 0 Å². The van der Waals surface area contributed by atoms with Gasteiger partial charge in [0.05, 0.1) is 5.92 Å². The second-order valence-electron chi connectivity index (χ2n) is 6.42. The maximum absolute atomic E-state index is 12.9. The average Bonchev–Trinajstić information content (AvgIpc) is 3.22. The lowest BCUT2D eigenvalue weighted by atomic mass is 9.87. The molecule has 134 valence electrons. The molecule has 3 aromatic rings. The summed E-state index contributed by atoms with van der Waals surface area (Å²) in [6.45, 7) is 0. The number of piperidine rings is 1. The Morgan fingerprint density at radius 2 is 2.12 bits per heavy atom. The molecule has 2 atom stereocenters. The van der Waals surface area contributed by atoms with Crippen LogP contribution in [0.15, 0.2) is 36.8 Å². The zero-order valence-corrected chi connectivity index (χ0v) is 14.5. The molecule has 0 aliphatic carbocycles. The number of carbonyl (C=O) groups is 2. The predicted octanol–water partition coefficient (Wildman–Crippen LogP) is 1.01. The van der Waals surface area contributed by atoms with Crippen molar-refractivity contribution < 1.29 is 9.59 Å². The number of hydrogen-bond acceptors (Lipinski definition) is 5. The van der Waals surface area contributed by atoms with E-state index in [9.17, 15) is 9.59 Å². The van der Waals surface area contributed by atoms with E-state index in [1.807, 2.05) is 29.8 Å². The van der Waals surface area contributed by atoms with Crippen molar-refractivity contribution in [1.82, 2.24) is 29.0 Å². The van der Waals surface area contributed by atoms with Crippen LogP contribution in [0.3, 0.4) is 0 Å². The number of aryl methyl sites for hydroxylation is 1. The molecule has 0 bridgehead atoms. The highest BCUT2D eigenvalue weighted by Gasteiger charge is 2.41. The first-order valence-electron chi connectivity index (χ1n) is 8.40. The monoisotopic (exact) mass is 353 g/mol. The lowest BCUT2D eigenvalue weighted by Gasteiger charge is -2.37. The van der Waals surface area contributed by atoms with Gasteiger partial charge in [-0.05, 0) is 18.6 Å². The molecule has 0 unspecified atom stereocenters. The van der Waals surface area contributed by atoms with Gasteiger partial charge in [-0.1, -0.05) is 6.07 Å². The number of carbonyl (C=O) groups excluding carboxylic acids is 2. The summed E-state index contributed by atoms with van der Waals surface area (Å²) in [4.78, 5) is 35.4. The number of pyridine rings is 1. The summed E-state index contributed by atoms with van der Waals surface area (Å²) in [7, 11) is 3.57. The molecule has 9 nitrogen and oxygen atoms in total. The Kier molecular flexibility index (Phi) is 3.90. The van der Waals surface area contributed by atoms with Crippen molar-refractivity contribution in [2.24, 2.45) is 13.0 Å². The molecule has 0 saturated carbocycles. The van der Waals surface area contributed by atoms with Crippen molar-refractivity contribution in [1.29, 1.82) is 0 Å². The molecular weight excluding hydrogens is 334 g/mol. The van der Waals surface area contributed by atoms with Crippen LogP contribution in [0.2, 0.25) is 0 Å². The van der Waals surface area contributed by atoms with Crippen LogP contribution < -0.4 is 5.32 Å². The van der Waals surface area contributed by atoms with Crippen LogP contribution in [-0.2, 0) is 16.6 Å². The van der Waals surface area contributed by atoms with Gasteiger partial charge in [0, 0.05) is 39.1 Å². The van der Waals surface area contributed by atoms with Gasteiger partial charge in [-0.15, -0.1) is 5.10 Å². The summed E-state index contributed by atoms with van der Waals surface area (Å²) >= 11 is 0. The van der Waals surface area contributed by atoms with Gasteiger partial charge in [0.2, 0.25) is 17.8 Å². The zero-order valence-electron chi connectivity index (χ0n) is 14.5. The van der Waals surface area contributed by atoms with E-state index < -0.39 is 12.0 Å². The van der Waals surface area contributed by atoms with Crippen molar-refractivity contribution in [3.05, 3.63) is 42.6 Å². The molecule has 3 aromatic heterocycles. The minimum atomic E-state index is -0.426. The van der Waals surface area contributed by atoms with E-state index >= 15 is 0 Å². The fourth-order valence-electron chi connectivity index (χ4n) is 3.42. The SMILES string of the molecule is CN1C(=O)CC[C@H](C(=O)Nc2nc3ccccn3n2)[C@H]1c1nccn1C.